The third-order valence-electron chi connectivity index (χ3n) is 5.06. The standard InChI is InChI=1S/C19H31N3O2/c1-4-18(15-23)22-11-9-21(10-12-22)14-19(24)20(3)13-17-8-6-5-7-16(17)2/h5-8,18,23H,4,9-15H2,1-3H3. The van der Waals surface area contributed by atoms with Crippen LogP contribution in [0.1, 0.15) is 24.5 Å². The maximum atomic E-state index is 12.5. The lowest BCUT2D eigenvalue weighted by atomic mass is 10.1. The van der Waals surface area contributed by atoms with Gasteiger partial charge in [-0.1, -0.05) is 31.2 Å². The average Bonchev–Trinajstić information content (AvgIpc) is 2.59. The highest BCUT2D eigenvalue weighted by atomic mass is 16.3. The fourth-order valence-corrected chi connectivity index (χ4v) is 3.23. The number of amides is 1. The molecule has 1 aliphatic heterocycles. The molecular formula is C19H31N3O2. The number of hydrogen-bond acceptors (Lipinski definition) is 4. The fraction of sp³-hybridized carbons (Fsp3) is 0.632. The Morgan fingerprint density at radius 2 is 1.92 bits per heavy atom. The van der Waals surface area contributed by atoms with E-state index in [-0.39, 0.29) is 18.6 Å². The van der Waals surface area contributed by atoms with E-state index in [1.807, 2.05) is 24.1 Å². The molecule has 24 heavy (non-hydrogen) atoms. The molecule has 0 spiro atoms. The molecule has 0 bridgehead atoms. The van der Waals surface area contributed by atoms with E-state index in [0.717, 1.165) is 32.6 Å². The second-order valence-electron chi connectivity index (χ2n) is 6.73. The van der Waals surface area contributed by atoms with Crippen molar-refractivity contribution in [3.05, 3.63) is 35.4 Å². The second-order valence-corrected chi connectivity index (χ2v) is 6.73. The molecule has 5 heteroatoms. The van der Waals surface area contributed by atoms with Crippen LogP contribution in [0, 0.1) is 6.92 Å². The van der Waals surface area contributed by atoms with E-state index in [9.17, 15) is 9.90 Å². The van der Waals surface area contributed by atoms with Gasteiger partial charge in [-0.05, 0) is 24.5 Å². The summed E-state index contributed by atoms with van der Waals surface area (Å²) >= 11 is 0. The summed E-state index contributed by atoms with van der Waals surface area (Å²) in [5.74, 6) is 0.168. The number of rotatable bonds is 7. The number of benzene rings is 1. The van der Waals surface area contributed by atoms with Gasteiger partial charge >= 0.3 is 0 Å². The Kier molecular flexibility index (Phi) is 7.21. The predicted molar refractivity (Wildman–Crippen MR) is 96.8 cm³/mol. The van der Waals surface area contributed by atoms with Gasteiger partial charge in [-0.25, -0.2) is 0 Å². The summed E-state index contributed by atoms with van der Waals surface area (Å²) in [7, 11) is 1.88. The minimum absolute atomic E-state index is 0.168. The van der Waals surface area contributed by atoms with E-state index in [4.69, 9.17) is 0 Å². The average molecular weight is 333 g/mol. The molecule has 1 aromatic rings. The van der Waals surface area contributed by atoms with E-state index in [1.54, 1.807) is 0 Å². The Bertz CT molecular complexity index is 523. The van der Waals surface area contributed by atoms with Crippen molar-refractivity contribution in [1.29, 1.82) is 0 Å². The normalized spacial score (nSPS) is 17.7. The third kappa shape index (κ3) is 5.03. The van der Waals surface area contributed by atoms with Gasteiger partial charge in [0.2, 0.25) is 5.91 Å². The Balaban J connectivity index is 1.80. The lowest BCUT2D eigenvalue weighted by Crippen LogP contribution is -2.53. The van der Waals surface area contributed by atoms with Gasteiger partial charge < -0.3 is 10.0 Å². The van der Waals surface area contributed by atoms with Crippen LogP contribution in [-0.2, 0) is 11.3 Å². The number of likely N-dealkylation sites (N-methyl/N-ethyl adjacent to an activating group) is 1. The van der Waals surface area contributed by atoms with Crippen LogP contribution >= 0.6 is 0 Å². The Hall–Kier alpha value is -1.43. The van der Waals surface area contributed by atoms with Crippen molar-refractivity contribution in [2.75, 3.05) is 46.4 Å². The summed E-state index contributed by atoms with van der Waals surface area (Å²) < 4.78 is 0. The maximum absolute atomic E-state index is 12.5. The first kappa shape index (κ1) is 18.9. The van der Waals surface area contributed by atoms with E-state index >= 15 is 0 Å². The highest BCUT2D eigenvalue weighted by molar-refractivity contribution is 5.78. The molecule has 134 valence electrons. The van der Waals surface area contributed by atoms with Crippen LogP contribution < -0.4 is 0 Å². The molecule has 1 fully saturated rings. The number of aliphatic hydroxyl groups is 1. The zero-order valence-electron chi connectivity index (χ0n) is 15.2. The first-order valence-electron chi connectivity index (χ1n) is 8.90. The number of hydrogen-bond donors (Lipinski definition) is 1. The molecule has 1 heterocycles. The number of carbonyl (C=O) groups is 1. The summed E-state index contributed by atoms with van der Waals surface area (Å²) in [5, 5.41) is 9.41. The lowest BCUT2D eigenvalue weighted by molar-refractivity contribution is -0.132. The number of nitrogens with zero attached hydrogens (tertiary/aromatic N) is 3. The molecular weight excluding hydrogens is 302 g/mol. The molecule has 0 radical (unpaired) electrons. The largest absolute Gasteiger partial charge is 0.395 e. The SMILES string of the molecule is CCC(CO)N1CCN(CC(=O)N(C)Cc2ccccc2C)CC1. The van der Waals surface area contributed by atoms with E-state index in [2.05, 4.69) is 35.8 Å². The van der Waals surface area contributed by atoms with Gasteiger partial charge in [0.1, 0.15) is 0 Å². The van der Waals surface area contributed by atoms with Gasteiger partial charge in [0.15, 0.2) is 0 Å². The van der Waals surface area contributed by atoms with Gasteiger partial charge in [0.25, 0.3) is 0 Å². The van der Waals surface area contributed by atoms with Crippen LogP contribution in [0.2, 0.25) is 0 Å². The zero-order valence-corrected chi connectivity index (χ0v) is 15.2. The Labute approximate surface area is 145 Å². The second kappa shape index (κ2) is 9.16. The highest BCUT2D eigenvalue weighted by Crippen LogP contribution is 2.11. The molecule has 1 saturated heterocycles. The van der Waals surface area contributed by atoms with Crippen molar-refractivity contribution in [2.45, 2.75) is 32.9 Å². The minimum Gasteiger partial charge on any atom is -0.395 e. The van der Waals surface area contributed by atoms with E-state index in [1.165, 1.54) is 11.1 Å². The number of piperazine rings is 1. The van der Waals surface area contributed by atoms with Gasteiger partial charge in [-0.3, -0.25) is 14.6 Å². The predicted octanol–water partition coefficient (Wildman–Crippen LogP) is 1.34. The highest BCUT2D eigenvalue weighted by Gasteiger charge is 2.24. The maximum Gasteiger partial charge on any atom is 0.236 e. The summed E-state index contributed by atoms with van der Waals surface area (Å²) in [6, 6.07) is 8.46. The van der Waals surface area contributed by atoms with Crippen LogP contribution in [0.5, 0.6) is 0 Å². The first-order chi connectivity index (χ1) is 11.5. The fourth-order valence-electron chi connectivity index (χ4n) is 3.23. The molecule has 1 amide bonds. The molecule has 5 nitrogen and oxygen atoms in total. The van der Waals surface area contributed by atoms with Crippen molar-refractivity contribution in [1.82, 2.24) is 14.7 Å². The van der Waals surface area contributed by atoms with Crippen molar-refractivity contribution in [3.8, 4) is 0 Å². The van der Waals surface area contributed by atoms with Crippen LogP contribution in [0.15, 0.2) is 24.3 Å². The summed E-state index contributed by atoms with van der Waals surface area (Å²) in [5.41, 5.74) is 2.42. The topological polar surface area (TPSA) is 47.0 Å². The summed E-state index contributed by atoms with van der Waals surface area (Å²) in [6.45, 7) is 9.17. The molecule has 1 N–H and O–H groups in total. The van der Waals surface area contributed by atoms with Crippen molar-refractivity contribution in [2.24, 2.45) is 0 Å². The smallest absolute Gasteiger partial charge is 0.236 e. The third-order valence-corrected chi connectivity index (χ3v) is 5.06. The van der Waals surface area contributed by atoms with E-state index < -0.39 is 0 Å². The lowest BCUT2D eigenvalue weighted by Gasteiger charge is -2.38. The molecule has 1 unspecified atom stereocenters. The minimum atomic E-state index is 0.168. The molecule has 1 atom stereocenters. The van der Waals surface area contributed by atoms with Gasteiger partial charge in [0, 0.05) is 45.8 Å². The molecule has 0 aliphatic carbocycles. The number of carbonyl (C=O) groups excluding carboxylic acids is 1. The van der Waals surface area contributed by atoms with Crippen LogP contribution in [0.3, 0.4) is 0 Å². The van der Waals surface area contributed by atoms with Crippen LogP contribution in [-0.4, -0.2) is 78.1 Å². The van der Waals surface area contributed by atoms with Crippen LogP contribution in [0.4, 0.5) is 0 Å². The van der Waals surface area contributed by atoms with Gasteiger partial charge in [0.05, 0.1) is 13.2 Å². The van der Waals surface area contributed by atoms with Gasteiger partial charge in [-0.2, -0.15) is 0 Å². The van der Waals surface area contributed by atoms with Gasteiger partial charge in [-0.15, -0.1) is 0 Å². The summed E-state index contributed by atoms with van der Waals surface area (Å²) in [4.78, 5) is 18.9. The van der Waals surface area contributed by atoms with Crippen molar-refractivity contribution >= 4 is 5.91 Å². The summed E-state index contributed by atoms with van der Waals surface area (Å²) in [6.07, 6.45) is 0.967. The quantitative estimate of drug-likeness (QED) is 0.818. The van der Waals surface area contributed by atoms with Crippen molar-refractivity contribution < 1.29 is 9.90 Å². The Morgan fingerprint density at radius 3 is 2.50 bits per heavy atom. The molecule has 0 saturated carbocycles. The van der Waals surface area contributed by atoms with E-state index in [0.29, 0.717) is 13.1 Å². The molecule has 2 rings (SSSR count). The Morgan fingerprint density at radius 1 is 1.25 bits per heavy atom. The zero-order chi connectivity index (χ0) is 17.5. The first-order valence-corrected chi connectivity index (χ1v) is 8.90. The van der Waals surface area contributed by atoms with Crippen LogP contribution in [0.25, 0.3) is 0 Å². The molecule has 1 aliphatic rings. The molecule has 1 aromatic carbocycles. The molecule has 0 aromatic heterocycles. The monoisotopic (exact) mass is 333 g/mol. The number of aliphatic hydroxyl groups excluding tert-OH is 1. The number of aryl methyl sites for hydroxylation is 1. The van der Waals surface area contributed by atoms with Crippen molar-refractivity contribution in [3.63, 3.8) is 0 Å².